The van der Waals surface area contributed by atoms with E-state index >= 15 is 0 Å². The molecule has 205 valence electrons. The molecule has 12 heteroatoms. The molecule has 2 aromatic heterocycles. The number of alkyl halides is 2. The largest absolute Gasteiger partial charge is 0.362 e. The monoisotopic (exact) mass is 546 g/mol. The van der Waals surface area contributed by atoms with E-state index in [0.717, 1.165) is 23.7 Å². The van der Waals surface area contributed by atoms with Gasteiger partial charge in [0.25, 0.3) is 6.43 Å². The third kappa shape index (κ3) is 6.65. The molecule has 0 spiro atoms. The molecule has 1 aliphatic heterocycles. The molecule has 4 rings (SSSR count). The first-order valence-electron chi connectivity index (χ1n) is 12.7. The molecule has 1 aliphatic rings. The number of amides is 1. The minimum absolute atomic E-state index is 0.0936. The van der Waals surface area contributed by atoms with Gasteiger partial charge in [0.05, 0.1) is 12.4 Å². The van der Waals surface area contributed by atoms with Crippen LogP contribution in [0.4, 0.5) is 19.1 Å². The van der Waals surface area contributed by atoms with Crippen LogP contribution in [0.5, 0.6) is 0 Å². The van der Waals surface area contributed by atoms with E-state index in [1.165, 1.54) is 6.07 Å². The van der Waals surface area contributed by atoms with Gasteiger partial charge in [0, 0.05) is 30.2 Å². The number of aryl methyl sites for hydroxylation is 1. The van der Waals surface area contributed by atoms with E-state index in [2.05, 4.69) is 39.9 Å². The Morgan fingerprint density at radius 2 is 1.95 bits per heavy atom. The van der Waals surface area contributed by atoms with Crippen molar-refractivity contribution in [3.8, 4) is 11.4 Å². The fourth-order valence-electron chi connectivity index (χ4n) is 4.44. The molecule has 0 aliphatic carbocycles. The SMILES string of the molecule is Cc1cnncc1-c1nc(N2CCCC(Cc3ccc(F)cc3C(F)F)C2=O)n(COCC[Si-](C)(C)C)n1. The number of piperidine rings is 1. The van der Waals surface area contributed by atoms with Crippen molar-refractivity contribution < 1.29 is 22.7 Å². The summed E-state index contributed by atoms with van der Waals surface area (Å²) in [5, 5.41) is 12.5. The molecule has 1 saturated heterocycles. The van der Waals surface area contributed by atoms with Gasteiger partial charge in [-0.25, -0.2) is 17.9 Å². The first kappa shape index (κ1) is 27.9. The Morgan fingerprint density at radius 1 is 1.18 bits per heavy atom. The van der Waals surface area contributed by atoms with Crippen LogP contribution in [-0.2, 0) is 22.7 Å². The maximum atomic E-state index is 13.6. The van der Waals surface area contributed by atoms with Gasteiger partial charge in [-0.1, -0.05) is 6.07 Å². The number of rotatable bonds is 10. The van der Waals surface area contributed by atoms with Crippen LogP contribution in [0.1, 0.15) is 36.0 Å². The predicted octanol–water partition coefficient (Wildman–Crippen LogP) is 5.42. The number of aromatic nitrogens is 5. The normalized spacial score (nSPS) is 16.5. The van der Waals surface area contributed by atoms with Crippen LogP contribution in [0.15, 0.2) is 30.6 Å². The summed E-state index contributed by atoms with van der Waals surface area (Å²) in [7, 11) is -1.30. The molecular formula is C26H33F3N6O2Si-. The zero-order valence-electron chi connectivity index (χ0n) is 22.1. The lowest BCUT2D eigenvalue weighted by atomic mass is 9.88. The highest BCUT2D eigenvalue weighted by molar-refractivity contribution is 6.76. The summed E-state index contributed by atoms with van der Waals surface area (Å²) in [6.45, 7) is 9.77. The van der Waals surface area contributed by atoms with Crippen molar-refractivity contribution >= 4 is 19.9 Å². The van der Waals surface area contributed by atoms with Crippen molar-refractivity contribution in [2.45, 2.75) is 65.0 Å². The Kier molecular flexibility index (Phi) is 8.61. The van der Waals surface area contributed by atoms with Crippen LogP contribution < -0.4 is 4.90 Å². The van der Waals surface area contributed by atoms with E-state index in [0.29, 0.717) is 43.3 Å². The average Bonchev–Trinajstić information content (AvgIpc) is 3.27. The Balaban J connectivity index is 1.61. The standard InChI is InChI=1S/C26H33F3N6O2Si/c1-17-14-30-31-15-22(17)24-32-26(35(33-24)16-37-10-11-38(2,3)4)34-9-5-6-19(25(34)36)12-18-7-8-20(27)13-21(18)23(28)29/h7-8,13-15,19,23H,5-6,9-12,16H2,1-4H3/q-1. The van der Waals surface area contributed by atoms with Gasteiger partial charge < -0.3 is 4.74 Å². The average molecular weight is 547 g/mol. The molecule has 8 nitrogen and oxygen atoms in total. The maximum absolute atomic E-state index is 13.6. The smallest absolute Gasteiger partial charge is 0.264 e. The Bertz CT molecular complexity index is 1280. The number of hydrogen-bond donors (Lipinski definition) is 0. The Morgan fingerprint density at radius 3 is 2.66 bits per heavy atom. The number of anilines is 1. The third-order valence-corrected chi connectivity index (χ3v) is 8.34. The lowest BCUT2D eigenvalue weighted by Gasteiger charge is -2.32. The molecule has 38 heavy (non-hydrogen) atoms. The molecule has 1 amide bonds. The molecule has 3 heterocycles. The molecule has 0 bridgehead atoms. The van der Waals surface area contributed by atoms with Crippen LogP contribution in [0.3, 0.4) is 0 Å². The topological polar surface area (TPSA) is 86.0 Å². The van der Waals surface area contributed by atoms with E-state index in [1.54, 1.807) is 22.0 Å². The first-order valence-corrected chi connectivity index (χ1v) is 16.4. The lowest BCUT2D eigenvalue weighted by molar-refractivity contribution is -0.123. The van der Waals surface area contributed by atoms with E-state index < -0.39 is 26.2 Å². The van der Waals surface area contributed by atoms with Crippen LogP contribution in [0.2, 0.25) is 25.7 Å². The number of nitrogens with zero attached hydrogens (tertiary/aromatic N) is 6. The highest BCUT2D eigenvalue weighted by atomic mass is 28.3. The summed E-state index contributed by atoms with van der Waals surface area (Å²) < 4.78 is 48.2. The van der Waals surface area contributed by atoms with Crippen LogP contribution in [0, 0.1) is 18.7 Å². The number of hydrogen-bond acceptors (Lipinski definition) is 6. The van der Waals surface area contributed by atoms with E-state index in [9.17, 15) is 18.0 Å². The molecular weight excluding hydrogens is 513 g/mol. The number of benzene rings is 1. The summed E-state index contributed by atoms with van der Waals surface area (Å²) >= 11 is 0. The number of carbonyl (C=O) groups excluding carboxylic acids is 1. The second kappa shape index (κ2) is 11.7. The van der Waals surface area contributed by atoms with E-state index in [4.69, 9.17) is 4.74 Å². The summed E-state index contributed by atoms with van der Waals surface area (Å²) in [6, 6.07) is 4.32. The summed E-state index contributed by atoms with van der Waals surface area (Å²) in [6.07, 6.45) is 1.66. The highest BCUT2D eigenvalue weighted by Gasteiger charge is 2.34. The molecule has 1 fully saturated rings. The van der Waals surface area contributed by atoms with E-state index in [1.807, 2.05) is 6.92 Å². The fraction of sp³-hybridized carbons (Fsp3) is 0.500. The molecule has 1 unspecified atom stereocenters. The minimum atomic E-state index is -2.83. The number of carbonyl (C=O) groups is 1. The molecule has 0 radical (unpaired) electrons. The summed E-state index contributed by atoms with van der Waals surface area (Å²) in [4.78, 5) is 19.9. The van der Waals surface area contributed by atoms with Crippen molar-refractivity contribution in [3.63, 3.8) is 0 Å². The van der Waals surface area contributed by atoms with Gasteiger partial charge >= 0.3 is 0 Å². The first-order chi connectivity index (χ1) is 18.0. The molecule has 1 aromatic carbocycles. The van der Waals surface area contributed by atoms with Crippen molar-refractivity contribution in [2.24, 2.45) is 5.92 Å². The van der Waals surface area contributed by atoms with Crippen molar-refractivity contribution in [1.29, 1.82) is 0 Å². The Labute approximate surface area is 221 Å². The van der Waals surface area contributed by atoms with Gasteiger partial charge in [0.1, 0.15) is 12.5 Å². The maximum Gasteiger partial charge on any atom is 0.264 e. The zero-order valence-corrected chi connectivity index (χ0v) is 23.1. The van der Waals surface area contributed by atoms with Crippen molar-refractivity contribution in [2.75, 3.05) is 18.1 Å². The predicted molar refractivity (Wildman–Crippen MR) is 140 cm³/mol. The fourth-order valence-corrected chi connectivity index (χ4v) is 5.19. The molecule has 0 saturated carbocycles. The minimum Gasteiger partial charge on any atom is -0.362 e. The van der Waals surface area contributed by atoms with Crippen LogP contribution in [-0.4, -0.2) is 52.1 Å². The quantitative estimate of drug-likeness (QED) is 0.249. The lowest BCUT2D eigenvalue weighted by Crippen LogP contribution is -2.43. The third-order valence-electron chi connectivity index (χ3n) is 6.63. The number of halogens is 3. The van der Waals surface area contributed by atoms with Gasteiger partial charge in [0.2, 0.25) is 11.9 Å². The second-order valence-corrected chi connectivity index (χ2v) is 16.5. The van der Waals surface area contributed by atoms with Gasteiger partial charge in [0.15, 0.2) is 5.82 Å². The van der Waals surface area contributed by atoms with Crippen molar-refractivity contribution in [1.82, 2.24) is 25.0 Å². The number of ether oxygens (including phenoxy) is 1. The molecule has 3 aromatic rings. The van der Waals surface area contributed by atoms with Gasteiger partial charge in [-0.15, -0.1) is 19.2 Å². The highest BCUT2D eigenvalue weighted by Crippen LogP contribution is 2.31. The second-order valence-electron chi connectivity index (χ2n) is 10.8. The Hall–Kier alpha value is -3.12. The summed E-state index contributed by atoms with van der Waals surface area (Å²) in [5.74, 6) is -0.761. The zero-order chi connectivity index (χ0) is 27.4. The van der Waals surface area contributed by atoms with Gasteiger partial charge in [-0.3, -0.25) is 9.69 Å². The molecule has 1 atom stereocenters. The van der Waals surface area contributed by atoms with Gasteiger partial charge in [-0.2, -0.15) is 34.8 Å². The van der Waals surface area contributed by atoms with Gasteiger partial charge in [-0.05, 0) is 49.4 Å². The van der Waals surface area contributed by atoms with E-state index in [-0.39, 0.29) is 30.2 Å². The van der Waals surface area contributed by atoms with Crippen LogP contribution >= 0.6 is 0 Å². The van der Waals surface area contributed by atoms with Crippen molar-refractivity contribution in [3.05, 3.63) is 53.1 Å². The molecule has 0 N–H and O–H groups in total. The van der Waals surface area contributed by atoms with Crippen LogP contribution in [0.25, 0.3) is 11.4 Å². The summed E-state index contributed by atoms with van der Waals surface area (Å²) in [5.41, 5.74) is 1.42.